The second kappa shape index (κ2) is 8.82. The molecule has 0 aromatic rings. The van der Waals surface area contributed by atoms with Crippen molar-refractivity contribution in [3.63, 3.8) is 0 Å². The molecule has 1 aliphatic rings. The van der Waals surface area contributed by atoms with Gasteiger partial charge in [-0.2, -0.15) is 13.2 Å². The highest BCUT2D eigenvalue weighted by molar-refractivity contribution is 7.56. The van der Waals surface area contributed by atoms with Crippen molar-refractivity contribution in [1.82, 2.24) is 4.72 Å². The number of alkyl halides is 3. The molecule has 0 heterocycles. The number of hydrogen-bond acceptors (Lipinski definition) is 2. The first-order chi connectivity index (χ1) is 10.3. The smallest absolute Gasteiger partial charge is 0.324 e. The molecule has 0 aromatic heterocycles. The lowest BCUT2D eigenvalue weighted by Crippen LogP contribution is -2.28. The fourth-order valence-corrected chi connectivity index (χ4v) is 2.79. The number of rotatable bonds is 6. The Hall–Kier alpha value is -0.690. The summed E-state index contributed by atoms with van der Waals surface area (Å²) in [4.78, 5) is 0. The highest BCUT2D eigenvalue weighted by atomic mass is 35.5. The van der Waals surface area contributed by atoms with Crippen molar-refractivity contribution < 1.29 is 13.2 Å². The summed E-state index contributed by atoms with van der Waals surface area (Å²) in [5, 5.41) is 0.0608. The maximum atomic E-state index is 13.3. The maximum Gasteiger partial charge on any atom is 0.413 e. The molecule has 0 fully saturated rings. The van der Waals surface area contributed by atoms with Crippen molar-refractivity contribution >= 4 is 24.4 Å². The summed E-state index contributed by atoms with van der Waals surface area (Å²) in [5.74, 6) is 0. The first-order valence-electron chi connectivity index (χ1n) is 6.97. The van der Waals surface area contributed by atoms with E-state index in [0.717, 1.165) is 19.4 Å². The second-order valence-electron chi connectivity index (χ2n) is 4.95. The van der Waals surface area contributed by atoms with Crippen LogP contribution in [0.4, 0.5) is 13.2 Å². The Labute approximate surface area is 139 Å². The number of nitrogens with two attached hydrogens (primary N) is 1. The number of hydrogen-bond donors (Lipinski definition) is 2. The van der Waals surface area contributed by atoms with Crippen LogP contribution >= 0.6 is 11.6 Å². The summed E-state index contributed by atoms with van der Waals surface area (Å²) >= 11 is 9.19. The van der Waals surface area contributed by atoms with Crippen LogP contribution in [0, 0.1) is 0 Å². The van der Waals surface area contributed by atoms with Gasteiger partial charge >= 0.3 is 6.18 Å². The van der Waals surface area contributed by atoms with E-state index >= 15 is 0 Å². The van der Waals surface area contributed by atoms with Gasteiger partial charge in [0.25, 0.3) is 0 Å². The zero-order valence-electron chi connectivity index (χ0n) is 12.3. The van der Waals surface area contributed by atoms with E-state index in [9.17, 15) is 13.2 Å². The van der Waals surface area contributed by atoms with Crippen molar-refractivity contribution in [1.29, 1.82) is 0 Å². The minimum Gasteiger partial charge on any atom is -0.324 e. The van der Waals surface area contributed by atoms with Crippen LogP contribution < -0.4 is 10.5 Å². The van der Waals surface area contributed by atoms with Crippen LogP contribution in [-0.2, 0) is 12.8 Å². The molecule has 1 rings (SSSR count). The lowest BCUT2D eigenvalue weighted by atomic mass is 9.89. The molecule has 22 heavy (non-hydrogen) atoms. The monoisotopic (exact) mass is 353 g/mol. The van der Waals surface area contributed by atoms with Crippen LogP contribution in [0.25, 0.3) is 0 Å². The molecule has 0 bridgehead atoms. The van der Waals surface area contributed by atoms with Gasteiger partial charge in [-0.3, -0.25) is 0 Å². The fourth-order valence-electron chi connectivity index (χ4n) is 2.22. The molecule has 1 atom stereocenters. The molecule has 1 aliphatic carbocycles. The molecule has 0 aromatic carbocycles. The lowest BCUT2D eigenvalue weighted by molar-refractivity contribution is -0.0950. The minimum atomic E-state index is -4.44. The third-order valence-corrected chi connectivity index (χ3v) is 3.82. The molecule has 0 amide bonds. The van der Waals surface area contributed by atoms with Crippen LogP contribution in [-0.4, -0.2) is 18.8 Å². The maximum absolute atomic E-state index is 13.3. The Bertz CT molecular complexity index is 507. The van der Waals surface area contributed by atoms with Gasteiger partial charge in [-0.05, 0) is 37.8 Å². The predicted octanol–water partition coefficient (Wildman–Crippen LogP) is 3.50. The molecule has 0 spiro atoms. The molecule has 7 heteroatoms. The second-order valence-corrected chi connectivity index (χ2v) is 5.71. The third kappa shape index (κ3) is 5.50. The average molecular weight is 354 g/mol. The van der Waals surface area contributed by atoms with Gasteiger partial charge in [-0.1, -0.05) is 29.8 Å². The number of nitrogens with one attached hydrogen (secondary N) is 1. The van der Waals surface area contributed by atoms with Crippen LogP contribution in [0.3, 0.4) is 0 Å². The minimum absolute atomic E-state index is 0.0351. The first kappa shape index (κ1) is 19.4. The summed E-state index contributed by atoms with van der Waals surface area (Å²) in [6.07, 6.45) is 3.56. The molecule has 0 radical (unpaired) electrons. The van der Waals surface area contributed by atoms with Crippen LogP contribution in [0.2, 0.25) is 0 Å². The Morgan fingerprint density at radius 1 is 1.55 bits per heavy atom. The number of halogens is 4. The van der Waals surface area contributed by atoms with E-state index in [4.69, 9.17) is 17.3 Å². The summed E-state index contributed by atoms with van der Waals surface area (Å²) in [6.45, 7) is 2.47. The average Bonchev–Trinajstić information content (AvgIpc) is 2.42. The Kier molecular flexibility index (Phi) is 7.76. The Morgan fingerprint density at radius 3 is 2.77 bits per heavy atom. The summed E-state index contributed by atoms with van der Waals surface area (Å²) in [7, 11) is 0. The van der Waals surface area contributed by atoms with Crippen LogP contribution in [0.15, 0.2) is 46.1 Å². The van der Waals surface area contributed by atoms with Gasteiger partial charge in [-0.25, -0.2) is 0 Å². The molecule has 2 nitrogen and oxygen atoms in total. The van der Waals surface area contributed by atoms with Gasteiger partial charge in [0, 0.05) is 41.6 Å². The van der Waals surface area contributed by atoms with Gasteiger partial charge in [0.15, 0.2) is 0 Å². The van der Waals surface area contributed by atoms with Crippen molar-refractivity contribution in [2.24, 2.45) is 5.73 Å². The third-order valence-electron chi connectivity index (χ3n) is 3.25. The number of unbranched alkanes of at least 4 members (excludes halogenated alkanes) is 1. The molecular weight excluding hydrogens is 333 g/mol. The van der Waals surface area contributed by atoms with E-state index in [2.05, 4.69) is 17.5 Å². The van der Waals surface area contributed by atoms with Gasteiger partial charge in [0.05, 0.1) is 0 Å². The van der Waals surface area contributed by atoms with Gasteiger partial charge in [-0.15, -0.1) is 4.72 Å². The standard InChI is InChI=1S/C15H20ClF3N2S/c1-2-10(6-4-3-5-7-21-22)14-12(15(17,18)19)8-11(20)9-13(14)16/h2,4,6,9,11,21-22H,3,5,7-8,20H2,1H3/p+1/b6-4-,10-2+. The number of allylic oxidation sites excluding steroid dienone is 6. The molecule has 0 saturated heterocycles. The van der Waals surface area contributed by atoms with Gasteiger partial charge in [0.2, 0.25) is 0 Å². The van der Waals surface area contributed by atoms with E-state index in [1.165, 1.54) is 6.08 Å². The largest absolute Gasteiger partial charge is 0.413 e. The lowest BCUT2D eigenvalue weighted by Gasteiger charge is -2.25. The van der Waals surface area contributed by atoms with Gasteiger partial charge in [0.1, 0.15) is 0 Å². The van der Waals surface area contributed by atoms with Crippen LogP contribution in [0.5, 0.6) is 0 Å². The van der Waals surface area contributed by atoms with E-state index in [0.29, 0.717) is 5.57 Å². The molecule has 3 N–H and O–H groups in total. The molecule has 0 saturated carbocycles. The van der Waals surface area contributed by atoms with Crippen molar-refractivity contribution in [2.75, 3.05) is 6.54 Å². The van der Waals surface area contributed by atoms with Gasteiger partial charge < -0.3 is 5.73 Å². The molecular formula is C15H21ClF3N2S+. The quantitative estimate of drug-likeness (QED) is 0.436. The zero-order chi connectivity index (χ0) is 16.8. The highest BCUT2D eigenvalue weighted by Crippen LogP contribution is 2.41. The first-order valence-corrected chi connectivity index (χ1v) is 7.85. The van der Waals surface area contributed by atoms with Crippen molar-refractivity contribution in [2.45, 2.75) is 38.4 Å². The Balaban J connectivity index is 3.08. The fraction of sp³-hybridized carbons (Fsp3) is 0.467. The Morgan fingerprint density at radius 2 is 2.23 bits per heavy atom. The van der Waals surface area contributed by atoms with E-state index in [-0.39, 0.29) is 17.0 Å². The molecule has 0 aliphatic heterocycles. The van der Waals surface area contributed by atoms with Crippen molar-refractivity contribution in [3.05, 3.63) is 46.1 Å². The normalized spacial score (nSPS) is 20.8. The van der Waals surface area contributed by atoms with Crippen molar-refractivity contribution in [3.8, 4) is 0 Å². The highest BCUT2D eigenvalue weighted by Gasteiger charge is 2.39. The topological polar surface area (TPSA) is 38.0 Å². The zero-order valence-corrected chi connectivity index (χ0v) is 14.1. The SMILES string of the molecule is C/C=C(\C=C/CCCN[SH2+])C1=C(C(F)(F)F)CC(N)C=C1Cl. The molecule has 1 unspecified atom stereocenters. The summed E-state index contributed by atoms with van der Waals surface area (Å²) in [6, 6.07) is -0.709. The molecule has 124 valence electrons. The van der Waals surface area contributed by atoms with Crippen LogP contribution in [0.1, 0.15) is 26.2 Å². The van der Waals surface area contributed by atoms with E-state index in [1.54, 1.807) is 19.1 Å². The summed E-state index contributed by atoms with van der Waals surface area (Å²) < 4.78 is 42.6. The van der Waals surface area contributed by atoms with E-state index < -0.39 is 17.8 Å². The van der Waals surface area contributed by atoms with E-state index in [1.807, 2.05) is 6.08 Å². The predicted molar refractivity (Wildman–Crippen MR) is 89.9 cm³/mol. The summed E-state index contributed by atoms with van der Waals surface area (Å²) in [5.41, 5.74) is 5.47.